The van der Waals surface area contributed by atoms with Gasteiger partial charge in [-0.2, -0.15) is 15.2 Å². The summed E-state index contributed by atoms with van der Waals surface area (Å²) in [4.78, 5) is 28.7. The number of nitrogens with zero attached hydrogens (tertiary/aromatic N) is 3. The van der Waals surface area contributed by atoms with Crippen LogP contribution < -0.4 is 27.0 Å². The molecular formula is C36H30Cl4F2N10O2S. The van der Waals surface area contributed by atoms with Gasteiger partial charge in [-0.1, -0.05) is 58.5 Å². The molecule has 2 amide bonds. The predicted octanol–water partition coefficient (Wildman–Crippen LogP) is 9.25. The maximum Gasteiger partial charge on any atom is 0.258 e. The second-order valence-electron chi connectivity index (χ2n) is 11.2. The summed E-state index contributed by atoms with van der Waals surface area (Å²) in [7, 11) is 0. The second-order valence-corrected chi connectivity index (χ2v) is 13.3. The van der Waals surface area contributed by atoms with Crippen molar-refractivity contribution in [3.05, 3.63) is 151 Å². The minimum absolute atomic E-state index is 0.0293. The first-order valence-electron chi connectivity index (χ1n) is 15.6. The molecule has 19 heteroatoms. The third-order valence-corrected chi connectivity index (χ3v) is 7.63. The first-order chi connectivity index (χ1) is 26.1. The summed E-state index contributed by atoms with van der Waals surface area (Å²) in [5, 5.41) is 25.1. The van der Waals surface area contributed by atoms with Crippen LogP contribution in [0.15, 0.2) is 102 Å². The van der Waals surface area contributed by atoms with E-state index in [-0.39, 0.29) is 21.1 Å². The van der Waals surface area contributed by atoms with E-state index in [0.29, 0.717) is 44.2 Å². The summed E-state index contributed by atoms with van der Waals surface area (Å²) in [6, 6.07) is 24.1. The summed E-state index contributed by atoms with van der Waals surface area (Å²) in [5.74, 6) is -0.958. The van der Waals surface area contributed by atoms with Crippen molar-refractivity contribution in [3.8, 4) is 0 Å². The molecule has 2 heterocycles. The summed E-state index contributed by atoms with van der Waals surface area (Å²) in [6.07, 6.45) is 0. The Morgan fingerprint density at radius 1 is 0.673 bits per heavy atom. The number of benzene rings is 4. The molecule has 6 rings (SSSR count). The molecule has 0 bridgehead atoms. The number of carbonyl (C=O) groups excluding carboxylic acids is 2. The van der Waals surface area contributed by atoms with Crippen molar-refractivity contribution in [1.82, 2.24) is 31.0 Å². The third kappa shape index (κ3) is 14.6. The molecule has 0 atom stereocenters. The minimum atomic E-state index is -0.527. The molecule has 8 N–H and O–H groups in total. The third-order valence-electron chi connectivity index (χ3n) is 6.52. The highest BCUT2D eigenvalue weighted by atomic mass is 35.5. The maximum absolute atomic E-state index is 13.6. The van der Waals surface area contributed by atoms with E-state index in [1.165, 1.54) is 48.5 Å². The van der Waals surface area contributed by atoms with Crippen LogP contribution in [0, 0.1) is 25.5 Å². The van der Waals surface area contributed by atoms with Crippen molar-refractivity contribution in [2.75, 3.05) is 16.4 Å². The lowest BCUT2D eigenvalue weighted by molar-refractivity contribution is 0.0969. The number of aryl methyl sites for hydroxylation is 2. The number of aliphatic imine (C=N–C) groups is 1. The number of nitrogen functional groups attached to an aromatic ring is 1. The summed E-state index contributed by atoms with van der Waals surface area (Å²) in [6.45, 7) is 3.72. The number of carbonyl (C=O) groups is 2. The Balaban J connectivity index is 0.000000212. The van der Waals surface area contributed by atoms with Crippen LogP contribution in [0.2, 0.25) is 20.1 Å². The molecule has 55 heavy (non-hydrogen) atoms. The van der Waals surface area contributed by atoms with Gasteiger partial charge in [0.05, 0.1) is 0 Å². The van der Waals surface area contributed by atoms with Gasteiger partial charge < -0.3 is 16.4 Å². The number of anilines is 3. The fourth-order valence-corrected chi connectivity index (χ4v) is 5.30. The van der Waals surface area contributed by atoms with Crippen LogP contribution >= 0.6 is 58.6 Å². The van der Waals surface area contributed by atoms with Crippen molar-refractivity contribution in [2.45, 2.75) is 13.8 Å². The Kier molecular flexibility index (Phi) is 15.5. The number of hydrogen-bond donors (Lipinski definition) is 7. The average molecular weight is 847 g/mol. The fourth-order valence-electron chi connectivity index (χ4n) is 4.27. The molecule has 12 nitrogen and oxygen atoms in total. The molecule has 0 radical (unpaired) electrons. The predicted molar refractivity (Wildman–Crippen MR) is 219 cm³/mol. The standard InChI is InChI=1S/C18H14Cl2FN5O.C14H9Cl2FN2OS.C4H7N3/c1-10-5-16(26-25-10)23-18(22-15-8-13(20)7-14(21)9-15)24-17(27)11-3-2-4-12(19)6-11;15-9-3-1-2-8(4-9)13(20)19-14(21)18-12-6-10(16)5-11(17)7-12;1-3-2-4(5)7-6-3/h2-9H,1H3,(H3,22,23,24,25,26,27);1-7H,(H2,18,19,20,21);2H,1H3,(H3,5,6,7). The lowest BCUT2D eigenvalue weighted by atomic mass is 10.2. The second kappa shape index (κ2) is 20.2. The highest BCUT2D eigenvalue weighted by Gasteiger charge is 2.13. The van der Waals surface area contributed by atoms with E-state index < -0.39 is 23.4 Å². The Morgan fingerprint density at radius 3 is 1.62 bits per heavy atom. The first kappa shape index (κ1) is 42.2. The molecule has 2 aromatic heterocycles. The van der Waals surface area contributed by atoms with Crippen LogP contribution in [0.4, 0.5) is 31.8 Å². The van der Waals surface area contributed by atoms with Crippen molar-refractivity contribution < 1.29 is 18.4 Å². The molecule has 0 aliphatic rings. The van der Waals surface area contributed by atoms with Gasteiger partial charge in [0, 0.05) is 66.1 Å². The van der Waals surface area contributed by atoms with E-state index in [4.69, 9.17) is 64.4 Å². The van der Waals surface area contributed by atoms with E-state index >= 15 is 0 Å². The van der Waals surface area contributed by atoms with Crippen molar-refractivity contribution in [1.29, 1.82) is 0 Å². The quantitative estimate of drug-likeness (QED) is 0.0510. The first-order valence-corrected chi connectivity index (χ1v) is 17.6. The van der Waals surface area contributed by atoms with Gasteiger partial charge in [-0.05, 0) is 98.9 Å². The smallest absolute Gasteiger partial charge is 0.258 e. The van der Waals surface area contributed by atoms with Crippen molar-refractivity contribution >= 4 is 105 Å². The van der Waals surface area contributed by atoms with Gasteiger partial charge in [-0.25, -0.2) is 8.78 Å². The molecule has 6 aromatic rings. The zero-order valence-electron chi connectivity index (χ0n) is 28.6. The van der Waals surface area contributed by atoms with E-state index in [9.17, 15) is 18.4 Å². The SMILES string of the molecule is Cc1cc(N)n[nH]1.Cc1cc(N=C(NC(=O)c2cccc(Cl)c2)Nc2cc(F)cc(Cl)c2)n[nH]1.O=C(NC(=S)Nc1cc(F)cc(Cl)c1)c1cccc(Cl)c1. The van der Waals surface area contributed by atoms with Crippen molar-refractivity contribution in [3.63, 3.8) is 0 Å². The Morgan fingerprint density at radius 2 is 1.18 bits per heavy atom. The molecular weight excluding hydrogens is 816 g/mol. The van der Waals surface area contributed by atoms with Crippen LogP contribution in [0.3, 0.4) is 0 Å². The number of rotatable bonds is 5. The molecule has 284 valence electrons. The van der Waals surface area contributed by atoms with Gasteiger partial charge in [-0.15, -0.1) is 0 Å². The van der Waals surface area contributed by atoms with Gasteiger partial charge in [0.2, 0.25) is 5.96 Å². The fraction of sp³-hybridized carbons (Fsp3) is 0.0556. The monoisotopic (exact) mass is 844 g/mol. The Bertz CT molecular complexity index is 2280. The van der Waals surface area contributed by atoms with Gasteiger partial charge in [0.1, 0.15) is 17.5 Å². The summed E-state index contributed by atoms with van der Waals surface area (Å²) >= 11 is 28.3. The number of halogens is 6. The molecule has 4 aromatic carbocycles. The number of aromatic amines is 2. The number of guanidine groups is 1. The van der Waals surface area contributed by atoms with E-state index in [1.54, 1.807) is 48.5 Å². The number of hydrogen-bond acceptors (Lipinski definition) is 7. The number of nitrogens with one attached hydrogen (secondary N) is 6. The summed E-state index contributed by atoms with van der Waals surface area (Å²) in [5.41, 5.74) is 8.39. The molecule has 0 saturated heterocycles. The van der Waals surface area contributed by atoms with Crippen LogP contribution in [0.1, 0.15) is 32.1 Å². The van der Waals surface area contributed by atoms with Gasteiger partial charge >= 0.3 is 0 Å². The highest BCUT2D eigenvalue weighted by Crippen LogP contribution is 2.20. The molecule has 0 aliphatic carbocycles. The lowest BCUT2D eigenvalue weighted by Gasteiger charge is -2.12. The number of thiocarbonyl (C=S) groups is 1. The normalized spacial score (nSPS) is 10.6. The summed E-state index contributed by atoms with van der Waals surface area (Å²) < 4.78 is 26.8. The highest BCUT2D eigenvalue weighted by molar-refractivity contribution is 7.80. The molecule has 0 spiro atoms. The molecule has 0 aliphatic heterocycles. The zero-order valence-corrected chi connectivity index (χ0v) is 32.5. The van der Waals surface area contributed by atoms with E-state index in [1.807, 2.05) is 13.8 Å². The molecule has 0 fully saturated rings. The minimum Gasteiger partial charge on any atom is -0.382 e. The van der Waals surface area contributed by atoms with Crippen LogP contribution in [0.25, 0.3) is 0 Å². The lowest BCUT2D eigenvalue weighted by Crippen LogP contribution is -2.35. The number of amides is 2. The van der Waals surface area contributed by atoms with E-state index in [0.717, 1.165) is 11.4 Å². The van der Waals surface area contributed by atoms with Crippen LogP contribution in [-0.2, 0) is 0 Å². The molecule has 0 unspecified atom stereocenters. The zero-order chi connectivity index (χ0) is 40.1. The van der Waals surface area contributed by atoms with Gasteiger partial charge in [-0.3, -0.25) is 30.4 Å². The largest absolute Gasteiger partial charge is 0.382 e. The van der Waals surface area contributed by atoms with E-state index in [2.05, 4.69) is 46.7 Å². The Labute approximate surface area is 338 Å². The van der Waals surface area contributed by atoms with Crippen LogP contribution in [-0.4, -0.2) is 43.3 Å². The molecule has 0 saturated carbocycles. The van der Waals surface area contributed by atoms with Crippen molar-refractivity contribution in [2.24, 2.45) is 4.99 Å². The Hall–Kier alpha value is -5.58. The van der Waals surface area contributed by atoms with Gasteiger partial charge in [0.15, 0.2) is 10.9 Å². The topological polar surface area (TPSA) is 178 Å². The number of nitrogens with two attached hydrogens (primary N) is 1. The average Bonchev–Trinajstić information content (AvgIpc) is 3.69. The van der Waals surface area contributed by atoms with Gasteiger partial charge in [0.25, 0.3) is 11.8 Å². The van der Waals surface area contributed by atoms with Crippen LogP contribution in [0.5, 0.6) is 0 Å². The number of aromatic nitrogens is 4. The maximum atomic E-state index is 13.6. The number of H-pyrrole nitrogens is 2.